The van der Waals surface area contributed by atoms with Crippen LogP contribution in [0, 0.1) is 0 Å². The van der Waals surface area contributed by atoms with Crippen LogP contribution in [-0.2, 0) is 22.2 Å². The first-order chi connectivity index (χ1) is 12.3. The number of carbonyl (C=O) groups is 1. The summed E-state index contributed by atoms with van der Waals surface area (Å²) in [5.74, 6) is -2.92. The van der Waals surface area contributed by atoms with Crippen LogP contribution < -0.4 is 0 Å². The second-order valence-electron chi connectivity index (χ2n) is 5.90. The molecule has 1 N–H and O–H groups in total. The molecule has 1 aromatic carbocycles. The Morgan fingerprint density at radius 1 is 1.35 bits per heavy atom. The second kappa shape index (κ2) is 5.99. The Morgan fingerprint density at radius 3 is 2.81 bits per heavy atom. The highest BCUT2D eigenvalue weighted by atomic mass is 19.4. The summed E-state index contributed by atoms with van der Waals surface area (Å²) in [6.07, 6.45) is -3.56. The van der Waals surface area contributed by atoms with Crippen molar-refractivity contribution in [1.29, 1.82) is 0 Å². The van der Waals surface area contributed by atoms with Crippen LogP contribution in [0.3, 0.4) is 0 Å². The first-order valence-corrected chi connectivity index (χ1v) is 7.77. The molecule has 26 heavy (non-hydrogen) atoms. The van der Waals surface area contributed by atoms with Crippen LogP contribution in [0.4, 0.5) is 13.2 Å². The van der Waals surface area contributed by atoms with Gasteiger partial charge in [-0.1, -0.05) is 0 Å². The van der Waals surface area contributed by atoms with Crippen molar-refractivity contribution >= 4 is 27.8 Å². The van der Waals surface area contributed by atoms with Crippen molar-refractivity contribution in [1.82, 2.24) is 9.78 Å². The van der Waals surface area contributed by atoms with E-state index in [1.165, 1.54) is 16.8 Å². The van der Waals surface area contributed by atoms with Gasteiger partial charge in [0, 0.05) is 11.6 Å². The Kier molecular flexibility index (Phi) is 3.88. The Balaban J connectivity index is 1.87. The Bertz CT molecular complexity index is 985. The molecule has 2 aromatic heterocycles. The monoisotopic (exact) mass is 370 g/mol. The number of furan rings is 1. The molecule has 138 valence electrons. The molecular weight excluding hydrogens is 357 g/mol. The number of benzene rings is 1. The second-order valence-corrected chi connectivity index (χ2v) is 5.90. The van der Waals surface area contributed by atoms with E-state index >= 15 is 0 Å². The molecule has 1 atom stereocenters. The Hall–Kier alpha value is -2.59. The molecule has 3 heterocycles. The maximum Gasteiger partial charge on any atom is 0.421 e. The van der Waals surface area contributed by atoms with Gasteiger partial charge in [-0.05, 0) is 12.1 Å². The standard InChI is InChI=1S/C16H13F3N2O5/c17-16(18,19)12-11-10(26-14(12)15(22)23)2-1-8-5-21(20-13(8)11)6-9-7-24-3-4-25-9/h1-2,5,9H,3-4,6-7H2,(H,22,23)/t9-/m0/s1. The third-order valence-electron chi connectivity index (χ3n) is 4.13. The van der Waals surface area contributed by atoms with Gasteiger partial charge in [0.2, 0.25) is 5.76 Å². The number of rotatable bonds is 3. The molecule has 1 aliphatic rings. The zero-order chi connectivity index (χ0) is 18.5. The van der Waals surface area contributed by atoms with Gasteiger partial charge in [0.05, 0.1) is 31.8 Å². The Labute approximate surface area is 143 Å². The maximum atomic E-state index is 13.5. The lowest BCUT2D eigenvalue weighted by Crippen LogP contribution is -2.32. The molecule has 0 spiro atoms. The highest BCUT2D eigenvalue weighted by Crippen LogP contribution is 2.42. The van der Waals surface area contributed by atoms with E-state index in [0.29, 0.717) is 31.8 Å². The van der Waals surface area contributed by atoms with Crippen molar-refractivity contribution in [3.8, 4) is 0 Å². The van der Waals surface area contributed by atoms with Gasteiger partial charge >= 0.3 is 12.1 Å². The number of carboxylic acids is 1. The molecule has 1 saturated heterocycles. The lowest BCUT2D eigenvalue weighted by Gasteiger charge is -2.22. The number of fused-ring (bicyclic) bond motifs is 3. The van der Waals surface area contributed by atoms with Crippen molar-refractivity contribution in [2.75, 3.05) is 19.8 Å². The lowest BCUT2D eigenvalue weighted by atomic mass is 10.1. The van der Waals surface area contributed by atoms with Crippen LogP contribution >= 0.6 is 0 Å². The topological polar surface area (TPSA) is 86.7 Å². The van der Waals surface area contributed by atoms with Crippen molar-refractivity contribution in [3.63, 3.8) is 0 Å². The van der Waals surface area contributed by atoms with Gasteiger partial charge in [-0.3, -0.25) is 4.68 Å². The van der Waals surface area contributed by atoms with E-state index < -0.39 is 23.5 Å². The van der Waals surface area contributed by atoms with Gasteiger partial charge in [-0.25, -0.2) is 4.79 Å². The summed E-state index contributed by atoms with van der Waals surface area (Å²) in [7, 11) is 0. The van der Waals surface area contributed by atoms with E-state index in [0.717, 1.165) is 0 Å². The summed E-state index contributed by atoms with van der Waals surface area (Å²) in [4.78, 5) is 11.2. The molecular formula is C16H13F3N2O5. The normalized spacial score (nSPS) is 18.7. The number of hydrogen-bond donors (Lipinski definition) is 1. The van der Waals surface area contributed by atoms with Crippen LogP contribution in [0.1, 0.15) is 16.1 Å². The Morgan fingerprint density at radius 2 is 2.15 bits per heavy atom. The summed E-state index contributed by atoms with van der Waals surface area (Å²) >= 11 is 0. The molecule has 10 heteroatoms. The average molecular weight is 370 g/mol. The molecule has 0 unspecified atom stereocenters. The highest BCUT2D eigenvalue weighted by molar-refractivity contribution is 6.08. The lowest BCUT2D eigenvalue weighted by molar-refractivity contribution is -0.137. The quantitative estimate of drug-likeness (QED) is 0.763. The minimum Gasteiger partial charge on any atom is -0.475 e. The number of aromatic carboxylic acids is 1. The predicted molar refractivity (Wildman–Crippen MR) is 82.0 cm³/mol. The number of halogens is 3. The zero-order valence-corrected chi connectivity index (χ0v) is 13.2. The summed E-state index contributed by atoms with van der Waals surface area (Å²) < 4.78 is 57.7. The molecule has 0 saturated carbocycles. The van der Waals surface area contributed by atoms with Crippen molar-refractivity contribution in [2.24, 2.45) is 0 Å². The molecule has 1 fully saturated rings. The van der Waals surface area contributed by atoms with Crippen LogP contribution in [0.15, 0.2) is 22.7 Å². The number of nitrogens with zero attached hydrogens (tertiary/aromatic N) is 2. The highest BCUT2D eigenvalue weighted by Gasteiger charge is 2.42. The number of hydrogen-bond acceptors (Lipinski definition) is 5. The molecule has 0 amide bonds. The molecule has 7 nitrogen and oxygen atoms in total. The van der Waals surface area contributed by atoms with Gasteiger partial charge in [-0.2, -0.15) is 18.3 Å². The summed E-state index contributed by atoms with van der Waals surface area (Å²) in [6.45, 7) is 1.62. The van der Waals surface area contributed by atoms with Gasteiger partial charge in [0.25, 0.3) is 0 Å². The largest absolute Gasteiger partial charge is 0.475 e. The maximum absolute atomic E-state index is 13.5. The summed E-state index contributed by atoms with van der Waals surface area (Å²) in [6, 6.07) is 2.85. The third kappa shape index (κ3) is 2.80. The molecule has 3 aromatic rings. The first kappa shape index (κ1) is 16.9. The molecule has 1 aliphatic heterocycles. The van der Waals surface area contributed by atoms with E-state index in [1.807, 2.05) is 0 Å². The SMILES string of the molecule is O=C(O)c1oc2ccc3cn(C[C@H]4COCCO4)nc3c2c1C(F)(F)F. The number of ether oxygens (including phenoxy) is 2. The molecule has 0 radical (unpaired) electrons. The molecule has 4 rings (SSSR count). The first-order valence-electron chi connectivity index (χ1n) is 7.77. The fourth-order valence-electron chi connectivity index (χ4n) is 3.08. The average Bonchev–Trinajstić information content (AvgIpc) is 3.15. The van der Waals surface area contributed by atoms with Gasteiger partial charge in [0.1, 0.15) is 22.8 Å². The van der Waals surface area contributed by atoms with E-state index in [1.54, 1.807) is 6.20 Å². The van der Waals surface area contributed by atoms with Gasteiger partial charge < -0.3 is 19.0 Å². The minimum atomic E-state index is -4.89. The molecule has 0 aliphatic carbocycles. The van der Waals surface area contributed by atoms with Crippen LogP contribution in [0.2, 0.25) is 0 Å². The smallest absolute Gasteiger partial charge is 0.421 e. The number of carboxylic acid groups (broad SMARTS) is 1. The fourth-order valence-corrected chi connectivity index (χ4v) is 3.08. The van der Waals surface area contributed by atoms with Crippen LogP contribution in [-0.4, -0.2) is 46.8 Å². The van der Waals surface area contributed by atoms with Crippen LogP contribution in [0.25, 0.3) is 21.9 Å². The summed E-state index contributed by atoms with van der Waals surface area (Å²) in [5, 5.41) is 13.4. The van der Waals surface area contributed by atoms with Crippen LogP contribution in [0.5, 0.6) is 0 Å². The van der Waals surface area contributed by atoms with E-state index in [2.05, 4.69) is 5.10 Å². The predicted octanol–water partition coefficient (Wildman–Crippen LogP) is 2.91. The number of alkyl halides is 3. The van der Waals surface area contributed by atoms with Gasteiger partial charge in [0.15, 0.2) is 0 Å². The third-order valence-corrected chi connectivity index (χ3v) is 4.13. The van der Waals surface area contributed by atoms with Crippen molar-refractivity contribution in [3.05, 3.63) is 29.7 Å². The molecule has 0 bridgehead atoms. The van der Waals surface area contributed by atoms with Crippen molar-refractivity contribution in [2.45, 2.75) is 18.8 Å². The van der Waals surface area contributed by atoms with E-state index in [-0.39, 0.29) is 22.6 Å². The summed E-state index contributed by atoms with van der Waals surface area (Å²) in [5.41, 5.74) is -1.47. The van der Waals surface area contributed by atoms with Crippen molar-refractivity contribution < 1.29 is 37.0 Å². The van der Waals surface area contributed by atoms with Gasteiger partial charge in [-0.15, -0.1) is 0 Å². The number of aromatic nitrogens is 2. The zero-order valence-electron chi connectivity index (χ0n) is 13.2. The van der Waals surface area contributed by atoms with E-state index in [9.17, 15) is 18.0 Å². The van der Waals surface area contributed by atoms with E-state index in [4.69, 9.17) is 19.0 Å². The minimum absolute atomic E-state index is 0.0304. The fraction of sp³-hybridized carbons (Fsp3) is 0.375.